The van der Waals surface area contributed by atoms with Crippen LogP contribution in [0.25, 0.3) is 0 Å². The number of ether oxygens (including phenoxy) is 1. The van der Waals surface area contributed by atoms with Crippen molar-refractivity contribution < 1.29 is 4.74 Å². The fourth-order valence-electron chi connectivity index (χ4n) is 2.38. The summed E-state index contributed by atoms with van der Waals surface area (Å²) >= 11 is 0. The summed E-state index contributed by atoms with van der Waals surface area (Å²) in [6.45, 7) is 4.13. The quantitative estimate of drug-likeness (QED) is 0.753. The summed E-state index contributed by atoms with van der Waals surface area (Å²) in [5.74, 6) is 0.683. The molecule has 0 aliphatic heterocycles. The van der Waals surface area contributed by atoms with Gasteiger partial charge in [0, 0.05) is 25.7 Å². The zero-order chi connectivity index (χ0) is 11.3. The van der Waals surface area contributed by atoms with Crippen LogP contribution in [0.15, 0.2) is 0 Å². The predicted octanol–water partition coefficient (Wildman–Crippen LogP) is 1.47. The van der Waals surface area contributed by atoms with Crippen LogP contribution in [0.5, 0.6) is 0 Å². The third-order valence-corrected chi connectivity index (χ3v) is 3.65. The molecule has 0 aromatic rings. The smallest absolute Gasteiger partial charge is 0.0615 e. The summed E-state index contributed by atoms with van der Waals surface area (Å²) in [6.07, 6.45) is 5.17. The van der Waals surface area contributed by atoms with E-state index in [1.165, 1.54) is 25.7 Å². The lowest BCUT2D eigenvalue weighted by molar-refractivity contribution is 0.0963. The number of methoxy groups -OCH3 is 1. The van der Waals surface area contributed by atoms with Gasteiger partial charge in [-0.15, -0.1) is 0 Å². The van der Waals surface area contributed by atoms with E-state index >= 15 is 0 Å². The van der Waals surface area contributed by atoms with Crippen molar-refractivity contribution in [1.29, 1.82) is 0 Å². The molecule has 1 saturated carbocycles. The normalized spacial score (nSPS) is 29.4. The van der Waals surface area contributed by atoms with E-state index in [1.807, 2.05) is 0 Å². The van der Waals surface area contributed by atoms with Gasteiger partial charge in [-0.25, -0.2) is 0 Å². The van der Waals surface area contributed by atoms with Crippen molar-refractivity contribution in [2.75, 3.05) is 27.3 Å². The molecule has 15 heavy (non-hydrogen) atoms. The molecule has 2 N–H and O–H groups in total. The molecule has 0 saturated heterocycles. The molecular formula is C12H26N2O. The van der Waals surface area contributed by atoms with E-state index in [2.05, 4.69) is 18.9 Å². The number of nitrogens with zero attached hydrogens (tertiary/aromatic N) is 1. The number of hydrogen-bond acceptors (Lipinski definition) is 3. The van der Waals surface area contributed by atoms with Crippen LogP contribution in [0, 0.1) is 5.92 Å². The largest absolute Gasteiger partial charge is 0.383 e. The molecule has 0 spiro atoms. The van der Waals surface area contributed by atoms with Crippen LogP contribution in [-0.4, -0.2) is 44.3 Å². The lowest BCUT2D eigenvalue weighted by Crippen LogP contribution is -2.43. The maximum absolute atomic E-state index is 6.14. The van der Waals surface area contributed by atoms with Crippen molar-refractivity contribution in [3.05, 3.63) is 0 Å². The molecule has 1 fully saturated rings. The third kappa shape index (κ3) is 4.09. The van der Waals surface area contributed by atoms with Gasteiger partial charge in [0.25, 0.3) is 0 Å². The molecule has 3 atom stereocenters. The van der Waals surface area contributed by atoms with Crippen molar-refractivity contribution in [1.82, 2.24) is 4.90 Å². The maximum Gasteiger partial charge on any atom is 0.0615 e. The second-order valence-corrected chi connectivity index (χ2v) is 4.95. The highest BCUT2D eigenvalue weighted by molar-refractivity contribution is 4.81. The lowest BCUT2D eigenvalue weighted by atomic mass is 9.84. The Morgan fingerprint density at radius 2 is 2.07 bits per heavy atom. The van der Waals surface area contributed by atoms with Crippen molar-refractivity contribution in [2.45, 2.75) is 44.7 Å². The van der Waals surface area contributed by atoms with Gasteiger partial charge in [-0.05, 0) is 32.7 Å². The van der Waals surface area contributed by atoms with Crippen molar-refractivity contribution in [3.8, 4) is 0 Å². The average Bonchev–Trinajstić information content (AvgIpc) is 2.21. The zero-order valence-electron chi connectivity index (χ0n) is 10.4. The summed E-state index contributed by atoms with van der Waals surface area (Å²) in [7, 11) is 3.93. The summed E-state index contributed by atoms with van der Waals surface area (Å²) in [6, 6.07) is 0.903. The third-order valence-electron chi connectivity index (χ3n) is 3.65. The van der Waals surface area contributed by atoms with Gasteiger partial charge < -0.3 is 15.4 Å². The van der Waals surface area contributed by atoms with Crippen LogP contribution >= 0.6 is 0 Å². The molecule has 0 amide bonds. The number of rotatable bonds is 5. The molecule has 0 aromatic heterocycles. The summed E-state index contributed by atoms with van der Waals surface area (Å²) in [5, 5.41) is 0. The minimum atomic E-state index is 0.413. The van der Waals surface area contributed by atoms with E-state index in [9.17, 15) is 0 Å². The second kappa shape index (κ2) is 6.46. The molecule has 1 aliphatic rings. The van der Waals surface area contributed by atoms with Crippen LogP contribution in [0.3, 0.4) is 0 Å². The molecule has 3 heteroatoms. The molecule has 0 heterocycles. The van der Waals surface area contributed by atoms with E-state index in [0.717, 1.165) is 13.2 Å². The van der Waals surface area contributed by atoms with Crippen molar-refractivity contribution in [3.63, 3.8) is 0 Å². The highest BCUT2D eigenvalue weighted by Gasteiger charge is 2.24. The van der Waals surface area contributed by atoms with E-state index < -0.39 is 0 Å². The monoisotopic (exact) mass is 214 g/mol. The Kier molecular flexibility index (Phi) is 5.58. The van der Waals surface area contributed by atoms with Gasteiger partial charge in [-0.3, -0.25) is 0 Å². The van der Waals surface area contributed by atoms with Crippen LogP contribution in [0.4, 0.5) is 0 Å². The number of nitrogens with two attached hydrogens (primary N) is 1. The summed E-state index contributed by atoms with van der Waals surface area (Å²) in [5.41, 5.74) is 6.14. The Morgan fingerprint density at radius 1 is 1.40 bits per heavy atom. The number of hydrogen-bond donors (Lipinski definition) is 1. The maximum atomic E-state index is 6.14. The van der Waals surface area contributed by atoms with Gasteiger partial charge in [-0.1, -0.05) is 12.8 Å². The number of likely N-dealkylation sites (N-methyl/N-ethyl adjacent to an activating group) is 1. The van der Waals surface area contributed by atoms with Crippen LogP contribution in [0.1, 0.15) is 32.6 Å². The molecule has 3 unspecified atom stereocenters. The molecule has 0 bridgehead atoms. The molecule has 3 nitrogen and oxygen atoms in total. The molecule has 90 valence electrons. The minimum absolute atomic E-state index is 0.413. The molecule has 0 aromatic carbocycles. The van der Waals surface area contributed by atoms with Crippen LogP contribution in [0.2, 0.25) is 0 Å². The highest BCUT2D eigenvalue weighted by atomic mass is 16.5. The topological polar surface area (TPSA) is 38.5 Å². The van der Waals surface area contributed by atoms with E-state index in [4.69, 9.17) is 10.5 Å². The van der Waals surface area contributed by atoms with E-state index in [0.29, 0.717) is 18.0 Å². The van der Waals surface area contributed by atoms with E-state index in [-0.39, 0.29) is 0 Å². The van der Waals surface area contributed by atoms with E-state index in [1.54, 1.807) is 7.11 Å². The first-order valence-electron chi connectivity index (χ1n) is 6.10. The van der Waals surface area contributed by atoms with Crippen molar-refractivity contribution >= 4 is 0 Å². The van der Waals surface area contributed by atoms with Crippen LogP contribution in [-0.2, 0) is 4.74 Å². The van der Waals surface area contributed by atoms with Crippen LogP contribution < -0.4 is 5.73 Å². The fraction of sp³-hybridized carbons (Fsp3) is 1.00. The van der Waals surface area contributed by atoms with Gasteiger partial charge >= 0.3 is 0 Å². The standard InChI is InChI=1S/C12H26N2O/c1-10(9-15-3)14(2)8-11-6-4-5-7-12(11)13/h10-12H,4-9,13H2,1-3H3. The predicted molar refractivity (Wildman–Crippen MR) is 63.9 cm³/mol. The average molecular weight is 214 g/mol. The Morgan fingerprint density at radius 3 is 2.67 bits per heavy atom. The zero-order valence-corrected chi connectivity index (χ0v) is 10.4. The van der Waals surface area contributed by atoms with Gasteiger partial charge in [-0.2, -0.15) is 0 Å². The SMILES string of the molecule is COCC(C)N(C)CC1CCCCC1N. The minimum Gasteiger partial charge on any atom is -0.383 e. The Balaban J connectivity index is 2.32. The first-order valence-corrected chi connectivity index (χ1v) is 6.10. The molecule has 1 aliphatic carbocycles. The molecule has 0 radical (unpaired) electrons. The van der Waals surface area contributed by atoms with Crippen molar-refractivity contribution in [2.24, 2.45) is 11.7 Å². The Hall–Kier alpha value is -0.120. The lowest BCUT2D eigenvalue weighted by Gasteiger charge is -2.34. The first-order chi connectivity index (χ1) is 7.15. The highest BCUT2D eigenvalue weighted by Crippen LogP contribution is 2.23. The van der Waals surface area contributed by atoms with Gasteiger partial charge in [0.1, 0.15) is 0 Å². The second-order valence-electron chi connectivity index (χ2n) is 4.95. The Bertz CT molecular complexity index is 175. The Labute approximate surface area is 94.0 Å². The van der Waals surface area contributed by atoms with Gasteiger partial charge in [0.05, 0.1) is 6.61 Å². The summed E-state index contributed by atoms with van der Waals surface area (Å²) in [4.78, 5) is 2.37. The molecule has 1 rings (SSSR count). The van der Waals surface area contributed by atoms with Gasteiger partial charge in [0.2, 0.25) is 0 Å². The molecular weight excluding hydrogens is 188 g/mol. The first kappa shape index (κ1) is 12.9. The van der Waals surface area contributed by atoms with Gasteiger partial charge in [0.15, 0.2) is 0 Å². The summed E-state index contributed by atoms with van der Waals surface area (Å²) < 4.78 is 5.17. The fourth-order valence-corrected chi connectivity index (χ4v) is 2.38.